The number of nitrogens with one attached hydrogen (secondary N) is 1. The largest absolute Gasteiger partial charge is 0.454 e. The number of nitrogens with zero attached hydrogens (tertiary/aromatic N) is 1. The molecule has 2 unspecified atom stereocenters. The third kappa shape index (κ3) is 4.14. The molecular formula is C27H26N2O4. The minimum Gasteiger partial charge on any atom is -0.454 e. The summed E-state index contributed by atoms with van der Waals surface area (Å²) in [4.78, 5) is 15.1. The lowest BCUT2D eigenvalue weighted by molar-refractivity contribution is 0.145. The van der Waals surface area contributed by atoms with E-state index in [-0.39, 0.29) is 6.79 Å². The minimum absolute atomic E-state index is 0.234. The van der Waals surface area contributed by atoms with Crippen molar-refractivity contribution in [3.05, 3.63) is 78.4 Å². The van der Waals surface area contributed by atoms with Crippen LogP contribution in [0.5, 0.6) is 11.5 Å². The molecule has 2 fully saturated rings. The zero-order valence-corrected chi connectivity index (χ0v) is 18.3. The summed E-state index contributed by atoms with van der Waals surface area (Å²) in [6.07, 6.45) is -0.408. The number of piperidine rings is 1. The van der Waals surface area contributed by atoms with E-state index in [1.54, 1.807) is 0 Å². The highest BCUT2D eigenvalue weighted by atomic mass is 16.7. The van der Waals surface area contributed by atoms with Gasteiger partial charge in [0.25, 0.3) is 0 Å². The van der Waals surface area contributed by atoms with E-state index >= 15 is 0 Å². The van der Waals surface area contributed by atoms with Crippen LogP contribution in [0.3, 0.4) is 0 Å². The lowest BCUT2D eigenvalue weighted by Crippen LogP contribution is -2.25. The Morgan fingerprint density at radius 3 is 2.55 bits per heavy atom. The quantitative estimate of drug-likeness (QED) is 0.582. The molecule has 6 nitrogen and oxygen atoms in total. The Hall–Kier alpha value is -3.51. The number of likely N-dealkylation sites (tertiary alicyclic amines) is 1. The molecule has 2 aliphatic heterocycles. The predicted molar refractivity (Wildman–Crippen MR) is 125 cm³/mol. The second kappa shape index (κ2) is 8.45. The van der Waals surface area contributed by atoms with Gasteiger partial charge in [-0.25, -0.2) is 4.79 Å². The molecule has 1 aliphatic carbocycles. The first-order valence-corrected chi connectivity index (χ1v) is 11.4. The van der Waals surface area contributed by atoms with Gasteiger partial charge < -0.3 is 14.2 Å². The van der Waals surface area contributed by atoms with Gasteiger partial charge in [0, 0.05) is 31.1 Å². The van der Waals surface area contributed by atoms with Gasteiger partial charge in [-0.1, -0.05) is 54.6 Å². The molecule has 2 heterocycles. The summed E-state index contributed by atoms with van der Waals surface area (Å²) in [6.45, 7) is 3.88. The lowest BCUT2D eigenvalue weighted by Gasteiger charge is -2.19. The van der Waals surface area contributed by atoms with Crippen LogP contribution in [0.2, 0.25) is 0 Å². The number of hydrogen-bond acceptors (Lipinski definition) is 5. The fourth-order valence-corrected chi connectivity index (χ4v) is 5.18. The van der Waals surface area contributed by atoms with Crippen molar-refractivity contribution in [3.63, 3.8) is 0 Å². The zero-order chi connectivity index (χ0) is 22.2. The Morgan fingerprint density at radius 1 is 0.939 bits per heavy atom. The van der Waals surface area contributed by atoms with Gasteiger partial charge in [0.2, 0.25) is 6.79 Å². The van der Waals surface area contributed by atoms with E-state index in [2.05, 4.69) is 40.5 Å². The van der Waals surface area contributed by atoms with Crippen LogP contribution >= 0.6 is 0 Å². The summed E-state index contributed by atoms with van der Waals surface area (Å²) in [6, 6.07) is 24.1. The van der Waals surface area contributed by atoms with Gasteiger partial charge in [0.15, 0.2) is 11.5 Å². The maximum Gasteiger partial charge on any atom is 0.411 e. The number of amides is 1. The van der Waals surface area contributed by atoms with Crippen LogP contribution in [0.15, 0.2) is 72.8 Å². The molecule has 2 atom stereocenters. The third-order valence-corrected chi connectivity index (χ3v) is 6.95. The van der Waals surface area contributed by atoms with Gasteiger partial charge in [-0.2, -0.15) is 0 Å². The smallest absolute Gasteiger partial charge is 0.411 e. The molecule has 1 saturated carbocycles. The highest BCUT2D eigenvalue weighted by Gasteiger charge is 2.55. The van der Waals surface area contributed by atoms with Gasteiger partial charge in [0.05, 0.1) is 12.3 Å². The molecule has 3 aromatic carbocycles. The van der Waals surface area contributed by atoms with Crippen LogP contribution in [0.1, 0.15) is 5.56 Å². The Bertz CT molecular complexity index is 1150. The van der Waals surface area contributed by atoms with Crippen LogP contribution in [-0.2, 0) is 11.3 Å². The number of carbonyl (C=O) groups is 1. The minimum atomic E-state index is -0.408. The highest BCUT2D eigenvalue weighted by Crippen LogP contribution is 2.52. The highest BCUT2D eigenvalue weighted by molar-refractivity contribution is 5.91. The molecule has 33 heavy (non-hydrogen) atoms. The Labute approximate surface area is 193 Å². The number of hydrogen-bond donors (Lipinski definition) is 1. The summed E-state index contributed by atoms with van der Waals surface area (Å²) < 4.78 is 16.5. The van der Waals surface area contributed by atoms with E-state index in [0.717, 1.165) is 36.5 Å². The summed E-state index contributed by atoms with van der Waals surface area (Å²) in [7, 11) is 0. The normalized spacial score (nSPS) is 22.6. The molecule has 0 radical (unpaired) electrons. The van der Waals surface area contributed by atoms with Crippen LogP contribution in [0.25, 0.3) is 11.1 Å². The molecule has 3 aromatic rings. The van der Waals surface area contributed by atoms with Gasteiger partial charge in [-0.3, -0.25) is 10.2 Å². The zero-order valence-electron chi connectivity index (χ0n) is 18.3. The fourth-order valence-electron chi connectivity index (χ4n) is 5.18. The van der Waals surface area contributed by atoms with Crippen molar-refractivity contribution in [3.8, 4) is 22.6 Å². The van der Waals surface area contributed by atoms with E-state index in [0.29, 0.717) is 35.8 Å². The fraction of sp³-hybridized carbons (Fsp3) is 0.296. The second-order valence-corrected chi connectivity index (χ2v) is 9.01. The second-order valence-electron chi connectivity index (χ2n) is 9.01. The molecule has 168 valence electrons. The average Bonchev–Trinajstić information content (AvgIpc) is 3.17. The van der Waals surface area contributed by atoms with Gasteiger partial charge >= 0.3 is 6.09 Å². The summed E-state index contributed by atoms with van der Waals surface area (Å²) >= 11 is 0. The van der Waals surface area contributed by atoms with E-state index < -0.39 is 6.09 Å². The molecule has 6 rings (SSSR count). The standard InChI is InChI=1S/C27H26N2O4/c30-27(31-16-23-21-14-29(15-22(21)23)13-18-6-2-1-3-7-18)28-24-9-5-4-8-20(24)19-10-11-25-26(12-19)33-17-32-25/h1-12,21-23H,13-17H2,(H,28,30). The Balaban J connectivity index is 1.02. The van der Waals surface area contributed by atoms with Crippen molar-refractivity contribution >= 4 is 11.8 Å². The average molecular weight is 443 g/mol. The topological polar surface area (TPSA) is 60.0 Å². The first-order chi connectivity index (χ1) is 16.2. The molecule has 0 spiro atoms. The van der Waals surface area contributed by atoms with Crippen molar-refractivity contribution in [2.24, 2.45) is 17.8 Å². The number of rotatable bonds is 6. The van der Waals surface area contributed by atoms with Crippen LogP contribution in [0, 0.1) is 17.8 Å². The van der Waals surface area contributed by atoms with Crippen LogP contribution in [-0.4, -0.2) is 37.5 Å². The maximum absolute atomic E-state index is 12.6. The van der Waals surface area contributed by atoms with Crippen molar-refractivity contribution in [1.29, 1.82) is 0 Å². The molecule has 3 aliphatic rings. The van der Waals surface area contributed by atoms with Crippen LogP contribution < -0.4 is 14.8 Å². The van der Waals surface area contributed by atoms with Crippen molar-refractivity contribution in [1.82, 2.24) is 4.90 Å². The first kappa shape index (κ1) is 20.1. The number of fused-ring (bicyclic) bond motifs is 2. The van der Waals surface area contributed by atoms with Crippen LogP contribution in [0.4, 0.5) is 10.5 Å². The molecule has 6 heteroatoms. The molecular weight excluding hydrogens is 416 g/mol. The Morgan fingerprint density at radius 2 is 1.70 bits per heavy atom. The summed E-state index contributed by atoms with van der Waals surface area (Å²) in [5, 5.41) is 2.92. The number of anilines is 1. The van der Waals surface area contributed by atoms with Gasteiger partial charge in [0.1, 0.15) is 0 Å². The molecule has 1 amide bonds. The number of ether oxygens (including phenoxy) is 3. The van der Waals surface area contributed by atoms with Crippen molar-refractivity contribution < 1.29 is 19.0 Å². The Kier molecular flexibility index (Phi) is 5.15. The summed E-state index contributed by atoms with van der Waals surface area (Å²) in [5.41, 5.74) is 3.93. The van der Waals surface area contributed by atoms with E-state index in [1.165, 1.54) is 5.56 Å². The first-order valence-electron chi connectivity index (χ1n) is 11.4. The summed E-state index contributed by atoms with van der Waals surface area (Å²) in [5.74, 6) is 3.21. The molecule has 1 N–H and O–H groups in total. The van der Waals surface area contributed by atoms with Gasteiger partial charge in [-0.15, -0.1) is 0 Å². The monoisotopic (exact) mass is 442 g/mol. The van der Waals surface area contributed by atoms with Crippen molar-refractivity contribution in [2.45, 2.75) is 6.54 Å². The lowest BCUT2D eigenvalue weighted by atomic mass is 10.0. The molecule has 0 aromatic heterocycles. The van der Waals surface area contributed by atoms with E-state index in [9.17, 15) is 4.79 Å². The molecule has 0 bridgehead atoms. The predicted octanol–water partition coefficient (Wildman–Crippen LogP) is 5.01. The third-order valence-electron chi connectivity index (χ3n) is 6.95. The number of benzene rings is 3. The number of carbonyl (C=O) groups excluding carboxylic acids is 1. The van der Waals surface area contributed by atoms with Gasteiger partial charge in [-0.05, 0) is 41.2 Å². The SMILES string of the molecule is O=C(Nc1ccccc1-c1ccc2c(c1)OCO2)OCC1C2CN(Cc3ccccc3)CC12. The molecule has 1 saturated heterocycles. The number of para-hydroxylation sites is 1. The maximum atomic E-state index is 12.6. The van der Waals surface area contributed by atoms with Crippen molar-refractivity contribution in [2.75, 3.05) is 31.8 Å². The van der Waals surface area contributed by atoms with E-state index in [1.807, 2.05) is 42.5 Å². The van der Waals surface area contributed by atoms with E-state index in [4.69, 9.17) is 14.2 Å².